The van der Waals surface area contributed by atoms with Gasteiger partial charge in [0.15, 0.2) is 5.76 Å². The summed E-state index contributed by atoms with van der Waals surface area (Å²) in [6, 6.07) is 3.26. The fourth-order valence-electron chi connectivity index (χ4n) is 2.16. The van der Waals surface area contributed by atoms with Crippen molar-refractivity contribution in [1.82, 2.24) is 24.2 Å². The van der Waals surface area contributed by atoms with Crippen LogP contribution in [0.4, 0.5) is 0 Å². The summed E-state index contributed by atoms with van der Waals surface area (Å²) in [5, 5.41) is 13.2. The molecule has 0 aliphatic heterocycles. The number of thiophene rings is 1. The zero-order valence-electron chi connectivity index (χ0n) is 13.7. The Morgan fingerprint density at radius 1 is 1.44 bits per heavy atom. The van der Waals surface area contributed by atoms with Gasteiger partial charge in [-0.15, -0.1) is 21.5 Å². The Kier molecular flexibility index (Phi) is 5.27. The zero-order chi connectivity index (χ0) is 17.9. The van der Waals surface area contributed by atoms with Gasteiger partial charge in [-0.05, 0) is 6.07 Å². The van der Waals surface area contributed by atoms with Gasteiger partial charge in [0.1, 0.15) is 16.4 Å². The van der Waals surface area contributed by atoms with Gasteiger partial charge in [-0.3, -0.25) is 0 Å². The van der Waals surface area contributed by atoms with E-state index in [2.05, 4.69) is 15.4 Å². The molecule has 0 spiro atoms. The SMILES string of the molecule is COCCn1cnnc1CN(C)S(=O)(=O)c1cc(-c2ccno2)cs1. The zero-order valence-corrected chi connectivity index (χ0v) is 15.3. The Hall–Kier alpha value is -2.08. The average Bonchev–Trinajstić information content (AvgIpc) is 3.33. The van der Waals surface area contributed by atoms with Crippen LogP contribution >= 0.6 is 11.3 Å². The highest BCUT2D eigenvalue weighted by molar-refractivity contribution is 7.91. The lowest BCUT2D eigenvalue weighted by atomic mass is 10.3. The van der Waals surface area contributed by atoms with E-state index in [4.69, 9.17) is 9.26 Å². The average molecular weight is 383 g/mol. The topological polar surface area (TPSA) is 103 Å². The van der Waals surface area contributed by atoms with Gasteiger partial charge in [-0.2, -0.15) is 4.31 Å². The molecule has 3 aromatic rings. The number of rotatable bonds is 8. The highest BCUT2D eigenvalue weighted by Gasteiger charge is 2.25. The Bertz CT molecular complexity index is 917. The number of hydrogen-bond donors (Lipinski definition) is 0. The second-order valence-corrected chi connectivity index (χ2v) is 8.41. The number of sulfonamides is 1. The van der Waals surface area contributed by atoms with E-state index >= 15 is 0 Å². The summed E-state index contributed by atoms with van der Waals surface area (Å²) >= 11 is 1.13. The monoisotopic (exact) mass is 383 g/mol. The van der Waals surface area contributed by atoms with E-state index in [0.717, 1.165) is 11.3 Å². The molecule has 0 radical (unpaired) electrons. The van der Waals surface area contributed by atoms with Crippen LogP contribution in [0.2, 0.25) is 0 Å². The lowest BCUT2D eigenvalue weighted by Crippen LogP contribution is -2.27. The molecule has 0 aliphatic carbocycles. The van der Waals surface area contributed by atoms with E-state index in [-0.39, 0.29) is 10.8 Å². The Labute approximate surface area is 148 Å². The first-order valence-electron chi connectivity index (χ1n) is 7.34. The third-order valence-electron chi connectivity index (χ3n) is 3.56. The third kappa shape index (κ3) is 3.79. The minimum absolute atomic E-state index is 0.113. The highest BCUT2D eigenvalue weighted by Crippen LogP contribution is 2.30. The van der Waals surface area contributed by atoms with Crippen molar-refractivity contribution in [3.63, 3.8) is 0 Å². The van der Waals surface area contributed by atoms with Crippen molar-refractivity contribution < 1.29 is 17.7 Å². The minimum atomic E-state index is -3.65. The number of aromatic nitrogens is 4. The maximum Gasteiger partial charge on any atom is 0.252 e. The first-order chi connectivity index (χ1) is 12.0. The van der Waals surface area contributed by atoms with Crippen LogP contribution in [-0.2, 0) is 27.8 Å². The van der Waals surface area contributed by atoms with Crippen LogP contribution in [0.3, 0.4) is 0 Å². The van der Waals surface area contributed by atoms with Crippen molar-refractivity contribution in [3.05, 3.63) is 35.9 Å². The van der Waals surface area contributed by atoms with Crippen LogP contribution in [0.25, 0.3) is 11.3 Å². The number of hydrogen-bond acceptors (Lipinski definition) is 8. The first-order valence-corrected chi connectivity index (χ1v) is 9.66. The van der Waals surface area contributed by atoms with Crippen molar-refractivity contribution in [2.45, 2.75) is 17.3 Å². The molecule has 134 valence electrons. The molecule has 0 aliphatic rings. The Morgan fingerprint density at radius 2 is 2.28 bits per heavy atom. The Balaban J connectivity index is 1.77. The molecule has 0 bridgehead atoms. The molecule has 3 heterocycles. The molecule has 9 nitrogen and oxygen atoms in total. The minimum Gasteiger partial charge on any atom is -0.383 e. The van der Waals surface area contributed by atoms with Gasteiger partial charge in [0, 0.05) is 37.7 Å². The van der Waals surface area contributed by atoms with Crippen molar-refractivity contribution in [2.75, 3.05) is 20.8 Å². The summed E-state index contributed by atoms with van der Waals surface area (Å²) in [6.45, 7) is 1.16. The summed E-state index contributed by atoms with van der Waals surface area (Å²) in [6.07, 6.45) is 3.07. The van der Waals surface area contributed by atoms with Gasteiger partial charge >= 0.3 is 0 Å². The lowest BCUT2D eigenvalue weighted by molar-refractivity contribution is 0.185. The number of ether oxygens (including phenoxy) is 1. The maximum absolute atomic E-state index is 12.8. The smallest absolute Gasteiger partial charge is 0.252 e. The molecule has 3 rings (SSSR count). The van der Waals surface area contributed by atoms with Gasteiger partial charge in [-0.1, -0.05) is 5.16 Å². The molecule has 0 N–H and O–H groups in total. The molecular formula is C14H17N5O4S2. The quantitative estimate of drug-likeness (QED) is 0.580. The Morgan fingerprint density at radius 3 is 3.00 bits per heavy atom. The molecule has 3 aromatic heterocycles. The summed E-state index contributed by atoms with van der Waals surface area (Å²) < 4.78 is 38.9. The largest absolute Gasteiger partial charge is 0.383 e. The van der Waals surface area contributed by atoms with Gasteiger partial charge in [-0.25, -0.2) is 8.42 Å². The highest BCUT2D eigenvalue weighted by atomic mass is 32.2. The van der Waals surface area contributed by atoms with Gasteiger partial charge in [0.05, 0.1) is 19.3 Å². The first kappa shape index (κ1) is 17.7. The van der Waals surface area contributed by atoms with Gasteiger partial charge in [0.25, 0.3) is 10.0 Å². The summed E-state index contributed by atoms with van der Waals surface area (Å²) in [5.74, 6) is 1.08. The molecule has 0 fully saturated rings. The van der Waals surface area contributed by atoms with Crippen molar-refractivity contribution in [2.24, 2.45) is 0 Å². The molecule has 11 heteroatoms. The summed E-state index contributed by atoms with van der Waals surface area (Å²) in [7, 11) is -0.532. The summed E-state index contributed by atoms with van der Waals surface area (Å²) in [4.78, 5) is 0. The van der Waals surface area contributed by atoms with Crippen molar-refractivity contribution in [1.29, 1.82) is 0 Å². The summed E-state index contributed by atoms with van der Waals surface area (Å²) in [5.41, 5.74) is 0.678. The third-order valence-corrected chi connectivity index (χ3v) is 6.78. The van der Waals surface area contributed by atoms with Crippen LogP contribution < -0.4 is 0 Å². The van der Waals surface area contributed by atoms with Crippen molar-refractivity contribution >= 4 is 21.4 Å². The molecule has 25 heavy (non-hydrogen) atoms. The maximum atomic E-state index is 12.8. The van der Waals surface area contributed by atoms with E-state index in [9.17, 15) is 8.42 Å². The van der Waals surface area contributed by atoms with Crippen LogP contribution in [0.15, 0.2) is 38.8 Å². The normalized spacial score (nSPS) is 12.1. The standard InChI is InChI=1S/C14H17N5O4S2/c1-18(8-13-17-15-10-19(13)5-6-22-2)25(20,21)14-7-11(9-24-14)12-3-4-16-23-12/h3-4,7,9-10H,5-6,8H2,1-2H3. The van der Waals surface area contributed by atoms with E-state index in [1.807, 2.05) is 0 Å². The van der Waals surface area contributed by atoms with E-state index in [0.29, 0.717) is 30.3 Å². The lowest BCUT2D eigenvalue weighted by Gasteiger charge is -2.16. The van der Waals surface area contributed by atoms with Crippen molar-refractivity contribution in [3.8, 4) is 11.3 Å². The van der Waals surface area contributed by atoms with E-state index in [1.165, 1.54) is 17.5 Å². The molecule has 0 unspecified atom stereocenters. The predicted molar refractivity (Wildman–Crippen MR) is 90.4 cm³/mol. The van der Waals surface area contributed by atoms with Gasteiger partial charge in [0.2, 0.25) is 0 Å². The van der Waals surface area contributed by atoms with E-state index < -0.39 is 10.0 Å². The van der Waals surface area contributed by atoms with Crippen LogP contribution in [-0.4, -0.2) is 53.4 Å². The fraction of sp³-hybridized carbons (Fsp3) is 0.357. The van der Waals surface area contributed by atoms with Crippen LogP contribution in [0.1, 0.15) is 5.82 Å². The van der Waals surface area contributed by atoms with E-state index in [1.54, 1.807) is 35.5 Å². The van der Waals surface area contributed by atoms with Crippen LogP contribution in [0, 0.1) is 0 Å². The molecule has 0 aromatic carbocycles. The van der Waals surface area contributed by atoms with Crippen LogP contribution in [0.5, 0.6) is 0 Å². The predicted octanol–water partition coefficient (Wildman–Crippen LogP) is 1.46. The second kappa shape index (κ2) is 7.44. The molecule has 0 saturated heterocycles. The fourth-order valence-corrected chi connectivity index (χ4v) is 4.66. The number of methoxy groups -OCH3 is 1. The molecule has 0 amide bonds. The van der Waals surface area contributed by atoms with Gasteiger partial charge < -0.3 is 13.8 Å². The molecule has 0 atom stereocenters. The number of nitrogens with zero attached hydrogens (tertiary/aromatic N) is 5. The second-order valence-electron chi connectivity index (χ2n) is 5.23. The molecule has 0 saturated carbocycles. The molecular weight excluding hydrogens is 366 g/mol.